The summed E-state index contributed by atoms with van der Waals surface area (Å²) in [4.78, 5) is 0. The molecule has 16 heavy (non-hydrogen) atoms. The van der Waals surface area contributed by atoms with E-state index in [1.807, 2.05) is 19.1 Å². The number of hydrogen-bond acceptors (Lipinski definition) is 3. The number of rotatable bonds is 1. The van der Waals surface area contributed by atoms with Gasteiger partial charge >= 0.3 is 0 Å². The fourth-order valence-electron chi connectivity index (χ4n) is 1.63. The summed E-state index contributed by atoms with van der Waals surface area (Å²) >= 11 is 0. The van der Waals surface area contributed by atoms with Crippen molar-refractivity contribution in [2.75, 3.05) is 5.73 Å². The smallest absolute Gasteiger partial charge is 0.123 e. The molecule has 0 bridgehead atoms. The lowest BCUT2D eigenvalue weighted by molar-refractivity contribution is 0.469. The first-order valence-electron chi connectivity index (χ1n) is 4.96. The molecule has 3 heteroatoms. The zero-order valence-corrected chi connectivity index (χ0v) is 8.94. The van der Waals surface area contributed by atoms with Crippen molar-refractivity contribution >= 4 is 5.69 Å². The van der Waals surface area contributed by atoms with Gasteiger partial charge in [-0.15, -0.1) is 0 Å². The van der Waals surface area contributed by atoms with Gasteiger partial charge < -0.3 is 15.9 Å². The van der Waals surface area contributed by atoms with Crippen molar-refractivity contribution in [3.8, 4) is 22.6 Å². The highest BCUT2D eigenvalue weighted by atomic mass is 16.3. The second-order valence-electron chi connectivity index (χ2n) is 3.80. The Hall–Kier alpha value is -2.16. The van der Waals surface area contributed by atoms with E-state index in [2.05, 4.69) is 0 Å². The second-order valence-corrected chi connectivity index (χ2v) is 3.80. The molecule has 0 spiro atoms. The summed E-state index contributed by atoms with van der Waals surface area (Å²) in [7, 11) is 0. The van der Waals surface area contributed by atoms with E-state index in [4.69, 9.17) is 5.73 Å². The minimum absolute atomic E-state index is 0.107. The highest BCUT2D eigenvalue weighted by Gasteiger charge is 2.09. The summed E-state index contributed by atoms with van der Waals surface area (Å²) < 4.78 is 0. The van der Waals surface area contributed by atoms with Gasteiger partial charge in [0.1, 0.15) is 11.5 Å². The van der Waals surface area contributed by atoms with Gasteiger partial charge in [0, 0.05) is 16.8 Å². The van der Waals surface area contributed by atoms with Gasteiger partial charge in [0.05, 0.1) is 0 Å². The minimum Gasteiger partial charge on any atom is -0.507 e. The number of aryl methyl sites for hydroxylation is 1. The molecule has 3 nitrogen and oxygen atoms in total. The first kappa shape index (κ1) is 10.4. The Labute approximate surface area is 93.8 Å². The highest BCUT2D eigenvalue weighted by Crippen LogP contribution is 2.36. The lowest BCUT2D eigenvalue weighted by Gasteiger charge is -2.08. The molecule has 0 saturated carbocycles. The molecule has 0 heterocycles. The van der Waals surface area contributed by atoms with E-state index in [1.54, 1.807) is 18.2 Å². The number of nitrogen functional groups attached to an aromatic ring is 1. The molecule has 0 aliphatic rings. The van der Waals surface area contributed by atoms with Gasteiger partial charge in [-0.3, -0.25) is 0 Å². The van der Waals surface area contributed by atoms with E-state index in [9.17, 15) is 10.2 Å². The number of hydrogen-bond donors (Lipinski definition) is 3. The van der Waals surface area contributed by atoms with E-state index in [-0.39, 0.29) is 11.5 Å². The van der Waals surface area contributed by atoms with Crippen LogP contribution in [0.1, 0.15) is 5.56 Å². The number of benzene rings is 2. The lowest BCUT2D eigenvalue weighted by Crippen LogP contribution is -1.87. The van der Waals surface area contributed by atoms with Crippen LogP contribution in [-0.2, 0) is 0 Å². The van der Waals surface area contributed by atoms with E-state index in [0.29, 0.717) is 16.8 Å². The standard InChI is InChI=1S/C13H13NO2/c1-8-2-4-12(15)10(6-8)11-7-9(14)3-5-13(11)16/h2-7,15-16H,14H2,1H3. The molecular weight excluding hydrogens is 202 g/mol. The third-order valence-electron chi connectivity index (χ3n) is 2.46. The van der Waals surface area contributed by atoms with Crippen LogP contribution in [0.25, 0.3) is 11.1 Å². The van der Waals surface area contributed by atoms with E-state index in [0.717, 1.165) is 5.56 Å². The number of aromatic hydroxyl groups is 2. The van der Waals surface area contributed by atoms with Gasteiger partial charge in [0.25, 0.3) is 0 Å². The Kier molecular flexibility index (Phi) is 2.44. The molecule has 0 amide bonds. The molecule has 2 aromatic carbocycles. The Balaban J connectivity index is 2.66. The van der Waals surface area contributed by atoms with E-state index in [1.165, 1.54) is 6.07 Å². The molecule has 2 rings (SSSR count). The van der Waals surface area contributed by atoms with Crippen LogP contribution >= 0.6 is 0 Å². The van der Waals surface area contributed by atoms with Gasteiger partial charge in [0.2, 0.25) is 0 Å². The van der Waals surface area contributed by atoms with Crippen molar-refractivity contribution < 1.29 is 10.2 Å². The lowest BCUT2D eigenvalue weighted by atomic mass is 10.0. The third kappa shape index (κ3) is 1.80. The van der Waals surface area contributed by atoms with Crippen LogP contribution in [0.2, 0.25) is 0 Å². The first-order chi connectivity index (χ1) is 7.58. The first-order valence-corrected chi connectivity index (χ1v) is 4.96. The minimum atomic E-state index is 0.107. The maximum Gasteiger partial charge on any atom is 0.123 e. The molecule has 0 fully saturated rings. The zero-order chi connectivity index (χ0) is 11.7. The van der Waals surface area contributed by atoms with Crippen molar-refractivity contribution in [1.29, 1.82) is 0 Å². The number of phenolic OH excluding ortho intramolecular Hbond substituents is 2. The van der Waals surface area contributed by atoms with Crippen molar-refractivity contribution in [3.05, 3.63) is 42.0 Å². The fourth-order valence-corrected chi connectivity index (χ4v) is 1.63. The maximum absolute atomic E-state index is 9.75. The number of phenols is 2. The number of nitrogens with two attached hydrogens (primary N) is 1. The summed E-state index contributed by atoms with van der Waals surface area (Å²) in [5.41, 5.74) is 8.35. The van der Waals surface area contributed by atoms with Gasteiger partial charge in [-0.2, -0.15) is 0 Å². The van der Waals surface area contributed by atoms with Crippen LogP contribution in [0, 0.1) is 6.92 Å². The largest absolute Gasteiger partial charge is 0.507 e. The average molecular weight is 215 g/mol. The molecule has 0 unspecified atom stereocenters. The van der Waals surface area contributed by atoms with E-state index < -0.39 is 0 Å². The molecule has 0 radical (unpaired) electrons. The van der Waals surface area contributed by atoms with Crippen LogP contribution in [0.5, 0.6) is 11.5 Å². The molecule has 0 aliphatic carbocycles. The topological polar surface area (TPSA) is 66.5 Å². The van der Waals surface area contributed by atoms with Crippen molar-refractivity contribution in [2.24, 2.45) is 0 Å². The molecule has 0 atom stereocenters. The normalized spacial score (nSPS) is 10.3. The summed E-state index contributed by atoms with van der Waals surface area (Å²) in [5.74, 6) is 0.238. The summed E-state index contributed by atoms with van der Waals surface area (Å²) in [6.45, 7) is 1.92. The van der Waals surface area contributed by atoms with Crippen molar-refractivity contribution in [2.45, 2.75) is 6.92 Å². The summed E-state index contributed by atoms with van der Waals surface area (Å²) in [5, 5.41) is 19.5. The fraction of sp³-hybridized carbons (Fsp3) is 0.0769. The van der Waals surface area contributed by atoms with Crippen LogP contribution in [0.15, 0.2) is 36.4 Å². The Morgan fingerprint density at radius 3 is 2.12 bits per heavy atom. The van der Waals surface area contributed by atoms with Crippen molar-refractivity contribution in [3.63, 3.8) is 0 Å². The highest BCUT2D eigenvalue weighted by molar-refractivity contribution is 5.78. The molecule has 4 N–H and O–H groups in total. The summed E-state index contributed by atoms with van der Waals surface area (Å²) in [6, 6.07) is 10.0. The van der Waals surface area contributed by atoms with Crippen LogP contribution < -0.4 is 5.73 Å². The molecule has 0 aromatic heterocycles. The van der Waals surface area contributed by atoms with Gasteiger partial charge in [-0.05, 0) is 37.3 Å². The number of anilines is 1. The van der Waals surface area contributed by atoms with E-state index >= 15 is 0 Å². The molecule has 0 aliphatic heterocycles. The Bertz CT molecular complexity index is 486. The predicted octanol–water partition coefficient (Wildman–Crippen LogP) is 2.66. The SMILES string of the molecule is Cc1ccc(O)c(-c2cc(N)ccc2O)c1. The van der Waals surface area contributed by atoms with Crippen LogP contribution in [0.3, 0.4) is 0 Å². The van der Waals surface area contributed by atoms with Gasteiger partial charge in [-0.25, -0.2) is 0 Å². The van der Waals surface area contributed by atoms with Gasteiger partial charge in [0.15, 0.2) is 0 Å². The molecule has 2 aromatic rings. The summed E-state index contributed by atoms with van der Waals surface area (Å²) in [6.07, 6.45) is 0. The predicted molar refractivity (Wildman–Crippen MR) is 64.4 cm³/mol. The Morgan fingerprint density at radius 1 is 0.875 bits per heavy atom. The quantitative estimate of drug-likeness (QED) is 0.506. The maximum atomic E-state index is 9.75. The third-order valence-corrected chi connectivity index (χ3v) is 2.46. The van der Waals surface area contributed by atoms with Crippen molar-refractivity contribution in [1.82, 2.24) is 0 Å². The van der Waals surface area contributed by atoms with Crippen LogP contribution in [0.4, 0.5) is 5.69 Å². The molecule has 0 saturated heterocycles. The Morgan fingerprint density at radius 2 is 1.44 bits per heavy atom. The van der Waals surface area contributed by atoms with Gasteiger partial charge in [-0.1, -0.05) is 11.6 Å². The second kappa shape index (κ2) is 3.77. The van der Waals surface area contributed by atoms with Crippen LogP contribution in [-0.4, -0.2) is 10.2 Å². The average Bonchev–Trinajstić information content (AvgIpc) is 2.25. The molecule has 82 valence electrons. The molecular formula is C13H13NO2. The monoisotopic (exact) mass is 215 g/mol. The zero-order valence-electron chi connectivity index (χ0n) is 8.94.